The number of aliphatic carboxylic acids is 1. The lowest BCUT2D eigenvalue weighted by atomic mass is 10.2. The monoisotopic (exact) mass is 274 g/mol. The Hall–Kier alpha value is -1.09. The standard InChI is InChI=1S/C12H20NO4P/c1-12(2,3)17-11(16)13-7-8(18(4)5)6-9(13)10(14)15/h8-9H,4,6-7H2,1-3,5H3/p+1. The molecule has 1 heterocycles. The van der Waals surface area contributed by atoms with Gasteiger partial charge in [0.05, 0.1) is 27.1 Å². The number of carboxylic acids is 1. The van der Waals surface area contributed by atoms with Gasteiger partial charge in [-0.1, -0.05) is 0 Å². The molecule has 1 saturated heterocycles. The summed E-state index contributed by atoms with van der Waals surface area (Å²) >= 11 is 0. The Balaban J connectivity index is 2.82. The van der Waals surface area contributed by atoms with Crippen molar-refractivity contribution in [3.8, 4) is 0 Å². The SMILES string of the molecule is C=[P+](C)C1CC(C(=O)O)N(C(=O)OC(C)(C)C)C1. The molecule has 1 amide bonds. The number of carbonyl (C=O) groups is 2. The molecule has 0 radical (unpaired) electrons. The largest absolute Gasteiger partial charge is 0.480 e. The number of hydrogen-bond acceptors (Lipinski definition) is 3. The summed E-state index contributed by atoms with van der Waals surface area (Å²) in [5.74, 6) is -0.972. The van der Waals surface area contributed by atoms with Gasteiger partial charge in [0.15, 0.2) is 0 Å². The van der Waals surface area contributed by atoms with Gasteiger partial charge in [0.25, 0.3) is 0 Å². The summed E-state index contributed by atoms with van der Waals surface area (Å²) in [6.07, 6.45) is 3.90. The molecule has 1 fully saturated rings. The van der Waals surface area contributed by atoms with Crippen molar-refractivity contribution in [2.75, 3.05) is 13.2 Å². The Morgan fingerprint density at radius 1 is 1.44 bits per heavy atom. The van der Waals surface area contributed by atoms with Crippen molar-refractivity contribution in [2.24, 2.45) is 0 Å². The average molecular weight is 274 g/mol. The maximum Gasteiger partial charge on any atom is 0.411 e. The highest BCUT2D eigenvalue weighted by Gasteiger charge is 2.45. The molecule has 102 valence electrons. The lowest BCUT2D eigenvalue weighted by Gasteiger charge is -2.26. The van der Waals surface area contributed by atoms with Crippen molar-refractivity contribution in [3.05, 3.63) is 0 Å². The third-order valence-electron chi connectivity index (χ3n) is 2.82. The third-order valence-corrected chi connectivity index (χ3v) is 4.44. The summed E-state index contributed by atoms with van der Waals surface area (Å²) in [4.78, 5) is 24.5. The van der Waals surface area contributed by atoms with Gasteiger partial charge < -0.3 is 9.84 Å². The second kappa shape index (κ2) is 5.27. The van der Waals surface area contributed by atoms with Gasteiger partial charge in [0.2, 0.25) is 0 Å². The molecule has 3 atom stereocenters. The summed E-state index contributed by atoms with van der Waals surface area (Å²) in [6.45, 7) is 7.72. The van der Waals surface area contributed by atoms with Crippen LogP contribution in [0.3, 0.4) is 0 Å². The highest BCUT2D eigenvalue weighted by molar-refractivity contribution is 7.55. The van der Waals surface area contributed by atoms with Crippen LogP contribution in [-0.4, -0.2) is 58.9 Å². The Morgan fingerprint density at radius 2 is 2.00 bits per heavy atom. The smallest absolute Gasteiger partial charge is 0.411 e. The Bertz CT molecular complexity index is 375. The molecule has 1 aliphatic rings. The fraction of sp³-hybridized carbons (Fsp3) is 0.750. The quantitative estimate of drug-likeness (QED) is 0.782. The number of nitrogens with zero attached hydrogens (tertiary/aromatic N) is 1. The van der Waals surface area contributed by atoms with Crippen LogP contribution in [0.5, 0.6) is 0 Å². The summed E-state index contributed by atoms with van der Waals surface area (Å²) in [5.41, 5.74) is -0.437. The van der Waals surface area contributed by atoms with E-state index in [1.807, 2.05) is 6.66 Å². The fourth-order valence-corrected chi connectivity index (χ4v) is 2.90. The maximum atomic E-state index is 12.0. The zero-order valence-corrected chi connectivity index (χ0v) is 12.2. The number of likely N-dealkylation sites (tertiary alicyclic amines) is 1. The molecule has 1 rings (SSSR count). The van der Waals surface area contributed by atoms with Crippen molar-refractivity contribution in [1.82, 2.24) is 4.90 Å². The van der Waals surface area contributed by atoms with Gasteiger partial charge in [0.1, 0.15) is 17.3 Å². The van der Waals surface area contributed by atoms with E-state index < -0.39 is 31.3 Å². The van der Waals surface area contributed by atoms with Gasteiger partial charge in [-0.25, -0.2) is 9.59 Å². The van der Waals surface area contributed by atoms with Gasteiger partial charge in [-0.3, -0.25) is 4.90 Å². The molecular weight excluding hydrogens is 253 g/mol. The first-order valence-electron chi connectivity index (χ1n) is 5.87. The van der Waals surface area contributed by atoms with E-state index >= 15 is 0 Å². The second-order valence-electron chi connectivity index (χ2n) is 5.63. The first-order chi connectivity index (χ1) is 8.11. The van der Waals surface area contributed by atoms with Gasteiger partial charge in [-0.15, -0.1) is 0 Å². The molecular formula is C12H21NO4P+. The first-order valence-corrected chi connectivity index (χ1v) is 7.92. The molecule has 0 spiro atoms. The third kappa shape index (κ3) is 3.70. The maximum absolute atomic E-state index is 12.0. The number of carboxylic acid groups (broad SMARTS) is 1. The van der Waals surface area contributed by atoms with Crippen LogP contribution < -0.4 is 0 Å². The molecule has 0 aromatic heterocycles. The van der Waals surface area contributed by atoms with Crippen molar-refractivity contribution in [3.63, 3.8) is 0 Å². The van der Waals surface area contributed by atoms with Crippen LogP contribution in [0.1, 0.15) is 27.2 Å². The number of hydrogen-bond donors (Lipinski definition) is 1. The van der Waals surface area contributed by atoms with Crippen LogP contribution in [0.15, 0.2) is 0 Å². The number of rotatable bonds is 2. The Labute approximate surface area is 108 Å². The number of carbonyl (C=O) groups excluding carboxylic acids is 1. The molecule has 1 aliphatic heterocycles. The molecule has 0 saturated carbocycles. The fourth-order valence-electron chi connectivity index (χ4n) is 1.89. The van der Waals surface area contributed by atoms with E-state index in [-0.39, 0.29) is 5.66 Å². The van der Waals surface area contributed by atoms with E-state index in [0.29, 0.717) is 13.0 Å². The molecule has 6 heteroatoms. The number of amides is 1. The highest BCUT2D eigenvalue weighted by atomic mass is 31.1. The van der Waals surface area contributed by atoms with Crippen LogP contribution in [0.25, 0.3) is 0 Å². The Morgan fingerprint density at radius 3 is 2.39 bits per heavy atom. The van der Waals surface area contributed by atoms with Gasteiger partial charge in [0, 0.05) is 6.42 Å². The molecule has 3 unspecified atom stereocenters. The molecule has 0 aliphatic carbocycles. The lowest BCUT2D eigenvalue weighted by molar-refractivity contribution is -0.142. The molecule has 5 nitrogen and oxygen atoms in total. The van der Waals surface area contributed by atoms with E-state index in [2.05, 4.69) is 6.30 Å². The first kappa shape index (κ1) is 15.0. The van der Waals surface area contributed by atoms with Gasteiger partial charge in [-0.05, 0) is 20.8 Å². The average Bonchev–Trinajstić information content (AvgIpc) is 2.58. The molecule has 18 heavy (non-hydrogen) atoms. The predicted molar refractivity (Wildman–Crippen MR) is 72.7 cm³/mol. The molecule has 1 N–H and O–H groups in total. The van der Waals surface area contributed by atoms with Gasteiger partial charge >= 0.3 is 12.1 Å². The van der Waals surface area contributed by atoms with Crippen molar-refractivity contribution in [2.45, 2.75) is 44.5 Å². The molecule has 0 aromatic rings. The number of ether oxygens (including phenoxy) is 1. The van der Waals surface area contributed by atoms with E-state index in [4.69, 9.17) is 9.84 Å². The van der Waals surface area contributed by atoms with Crippen LogP contribution in [0, 0.1) is 0 Å². The minimum atomic E-state index is -0.972. The zero-order valence-electron chi connectivity index (χ0n) is 11.3. The van der Waals surface area contributed by atoms with Gasteiger partial charge in [-0.2, -0.15) is 0 Å². The minimum Gasteiger partial charge on any atom is -0.480 e. The van der Waals surface area contributed by atoms with E-state index in [1.165, 1.54) is 4.90 Å². The predicted octanol–water partition coefficient (Wildman–Crippen LogP) is 1.99. The van der Waals surface area contributed by atoms with Crippen LogP contribution in [0.4, 0.5) is 4.79 Å². The van der Waals surface area contributed by atoms with Crippen LogP contribution in [0.2, 0.25) is 0 Å². The minimum absolute atomic E-state index is 0.175. The van der Waals surface area contributed by atoms with Crippen LogP contribution >= 0.6 is 7.55 Å². The zero-order chi connectivity index (χ0) is 14.1. The summed E-state index contributed by atoms with van der Waals surface area (Å²) in [7, 11) is -0.500. The summed E-state index contributed by atoms with van der Waals surface area (Å²) in [6, 6.07) is -0.781. The molecule has 0 bridgehead atoms. The normalized spacial score (nSPS) is 24.9. The van der Waals surface area contributed by atoms with E-state index in [9.17, 15) is 9.59 Å². The second-order valence-corrected chi connectivity index (χ2v) is 7.88. The summed E-state index contributed by atoms with van der Waals surface area (Å²) in [5, 5.41) is 9.17. The van der Waals surface area contributed by atoms with Crippen molar-refractivity contribution < 1.29 is 19.4 Å². The molecule has 0 aromatic carbocycles. The van der Waals surface area contributed by atoms with Crippen LogP contribution in [-0.2, 0) is 9.53 Å². The Kier molecular flexibility index (Phi) is 4.38. The van der Waals surface area contributed by atoms with Crippen molar-refractivity contribution in [1.29, 1.82) is 0 Å². The topological polar surface area (TPSA) is 66.8 Å². The summed E-state index contributed by atoms with van der Waals surface area (Å²) < 4.78 is 5.24. The van der Waals surface area contributed by atoms with E-state index in [1.54, 1.807) is 20.8 Å². The van der Waals surface area contributed by atoms with E-state index in [0.717, 1.165) is 0 Å². The highest BCUT2D eigenvalue weighted by Crippen LogP contribution is 2.35. The van der Waals surface area contributed by atoms with Crippen molar-refractivity contribution >= 4 is 25.9 Å². The lowest BCUT2D eigenvalue weighted by Crippen LogP contribution is -2.43.